The van der Waals surface area contributed by atoms with E-state index in [2.05, 4.69) is 13.2 Å². The molecule has 0 N–H and O–H groups in total. The molecule has 0 aromatic heterocycles. The fourth-order valence-electron chi connectivity index (χ4n) is 0.404. The van der Waals surface area contributed by atoms with Crippen molar-refractivity contribution in [3.05, 3.63) is 25.3 Å². The first-order valence-corrected chi connectivity index (χ1v) is 2.78. The van der Waals surface area contributed by atoms with E-state index >= 15 is 0 Å². The first-order chi connectivity index (χ1) is 4.72. The Balaban J connectivity index is 3.71. The molecule has 3 nitrogen and oxygen atoms in total. The Kier molecular flexibility index (Phi) is 4.24. The summed E-state index contributed by atoms with van der Waals surface area (Å²) >= 11 is 0. The highest BCUT2D eigenvalue weighted by Gasteiger charge is 2.01. The molecule has 10 heavy (non-hydrogen) atoms. The number of carbonyl (C=O) groups excluding carboxylic acids is 1. The van der Waals surface area contributed by atoms with Gasteiger partial charge >= 0.3 is 0 Å². The van der Waals surface area contributed by atoms with E-state index < -0.39 is 12.1 Å². The minimum atomic E-state index is -1.28. The molecule has 0 saturated heterocycles. The van der Waals surface area contributed by atoms with E-state index in [9.17, 15) is 9.90 Å². The van der Waals surface area contributed by atoms with Crippen LogP contribution in [0.2, 0.25) is 0 Å². The highest BCUT2D eigenvalue weighted by molar-refractivity contribution is 5.72. The molecule has 0 radical (unpaired) electrons. The predicted octanol–water partition coefficient (Wildman–Crippen LogP) is -0.507. The largest absolute Gasteiger partial charge is 0.547 e. The van der Waals surface area contributed by atoms with Crippen LogP contribution < -0.4 is 5.11 Å². The molecule has 0 bridgehead atoms. The number of carboxylic acid groups (broad SMARTS) is 1. The van der Waals surface area contributed by atoms with Crippen molar-refractivity contribution >= 4 is 5.97 Å². The van der Waals surface area contributed by atoms with Crippen LogP contribution in [0.15, 0.2) is 25.3 Å². The normalized spacial score (nSPS) is 12.0. The van der Waals surface area contributed by atoms with E-state index in [1.165, 1.54) is 12.2 Å². The molecule has 0 fully saturated rings. The molecule has 0 spiro atoms. The van der Waals surface area contributed by atoms with Crippen LogP contribution in [0.5, 0.6) is 0 Å². The molecule has 0 rings (SSSR count). The number of hydrogen-bond donors (Lipinski definition) is 0. The van der Waals surface area contributed by atoms with Crippen LogP contribution in [-0.2, 0) is 9.53 Å². The summed E-state index contributed by atoms with van der Waals surface area (Å²) in [5.41, 5.74) is 0. The molecule has 1 atom stereocenters. The molecule has 56 valence electrons. The van der Waals surface area contributed by atoms with E-state index in [0.29, 0.717) is 0 Å². The zero-order valence-corrected chi connectivity index (χ0v) is 5.58. The van der Waals surface area contributed by atoms with E-state index in [0.717, 1.165) is 0 Å². The molecule has 0 aliphatic carbocycles. The van der Waals surface area contributed by atoms with E-state index in [-0.39, 0.29) is 6.61 Å². The first-order valence-electron chi connectivity index (χ1n) is 2.78. The van der Waals surface area contributed by atoms with Gasteiger partial charge in [-0.2, -0.15) is 0 Å². The van der Waals surface area contributed by atoms with Crippen molar-refractivity contribution in [2.24, 2.45) is 0 Å². The molecule has 0 amide bonds. The quantitative estimate of drug-likeness (QED) is 0.485. The van der Waals surface area contributed by atoms with Gasteiger partial charge in [-0.1, -0.05) is 12.2 Å². The molecule has 0 aromatic rings. The van der Waals surface area contributed by atoms with Crippen molar-refractivity contribution in [2.45, 2.75) is 6.10 Å². The topological polar surface area (TPSA) is 49.4 Å². The van der Waals surface area contributed by atoms with Crippen molar-refractivity contribution in [2.75, 3.05) is 6.61 Å². The number of hydrogen-bond acceptors (Lipinski definition) is 3. The summed E-state index contributed by atoms with van der Waals surface area (Å²) in [6, 6.07) is 0. The average Bonchev–Trinajstić information content (AvgIpc) is 1.89. The molecular weight excluding hydrogens is 132 g/mol. The number of ether oxygens (including phenoxy) is 1. The van der Waals surface area contributed by atoms with Crippen molar-refractivity contribution in [1.29, 1.82) is 0 Å². The third kappa shape index (κ3) is 3.04. The van der Waals surface area contributed by atoms with Gasteiger partial charge < -0.3 is 14.6 Å². The summed E-state index contributed by atoms with van der Waals surface area (Å²) in [6.45, 7) is 6.79. The van der Waals surface area contributed by atoms with Crippen LogP contribution >= 0.6 is 0 Å². The van der Waals surface area contributed by atoms with Crippen LogP contribution in [0.1, 0.15) is 0 Å². The lowest BCUT2D eigenvalue weighted by Gasteiger charge is -2.12. The molecule has 0 aromatic carbocycles. The highest BCUT2D eigenvalue weighted by atomic mass is 16.5. The maximum Gasteiger partial charge on any atom is 0.115 e. The summed E-state index contributed by atoms with van der Waals surface area (Å²) < 4.78 is 4.70. The third-order valence-corrected chi connectivity index (χ3v) is 0.840. The summed E-state index contributed by atoms with van der Waals surface area (Å²) in [5, 5.41) is 10.1. The maximum absolute atomic E-state index is 10.1. The van der Waals surface area contributed by atoms with Gasteiger partial charge in [0.2, 0.25) is 0 Å². The molecule has 3 heteroatoms. The van der Waals surface area contributed by atoms with Gasteiger partial charge in [-0.05, 0) is 0 Å². The van der Waals surface area contributed by atoms with Gasteiger partial charge in [0.25, 0.3) is 0 Å². The number of rotatable bonds is 5. The van der Waals surface area contributed by atoms with Crippen molar-refractivity contribution < 1.29 is 14.6 Å². The Morgan fingerprint density at radius 1 is 1.70 bits per heavy atom. The predicted molar refractivity (Wildman–Crippen MR) is 35.1 cm³/mol. The maximum atomic E-state index is 10.1. The van der Waals surface area contributed by atoms with Gasteiger partial charge in [-0.25, -0.2) is 0 Å². The monoisotopic (exact) mass is 141 g/mol. The molecular formula is C7H9O3-. The second-order valence-corrected chi connectivity index (χ2v) is 1.60. The molecule has 0 aliphatic heterocycles. The third-order valence-electron chi connectivity index (χ3n) is 0.840. The van der Waals surface area contributed by atoms with Gasteiger partial charge in [-0.3, -0.25) is 0 Å². The molecule has 1 unspecified atom stereocenters. The molecule has 0 saturated carbocycles. The number of carbonyl (C=O) groups is 1. The van der Waals surface area contributed by atoms with E-state index in [4.69, 9.17) is 4.74 Å². The van der Waals surface area contributed by atoms with E-state index in [1.54, 1.807) is 0 Å². The summed E-state index contributed by atoms with van der Waals surface area (Å²) in [7, 11) is 0. The van der Waals surface area contributed by atoms with Crippen LogP contribution in [0.3, 0.4) is 0 Å². The Hall–Kier alpha value is -1.09. The lowest BCUT2D eigenvalue weighted by molar-refractivity contribution is -0.313. The summed E-state index contributed by atoms with van der Waals surface area (Å²) in [6.07, 6.45) is 1.59. The van der Waals surface area contributed by atoms with Crippen molar-refractivity contribution in [3.63, 3.8) is 0 Å². The smallest absolute Gasteiger partial charge is 0.115 e. The highest BCUT2D eigenvalue weighted by Crippen LogP contribution is 1.90. The standard InChI is InChI=1S/C7H10O3/c1-3-5-10-6(4-2)7(8)9/h3-4,6H,1-2,5H2,(H,8,9)/p-1. The van der Waals surface area contributed by atoms with Crippen LogP contribution in [0, 0.1) is 0 Å². The summed E-state index contributed by atoms with van der Waals surface area (Å²) in [4.78, 5) is 10.1. The van der Waals surface area contributed by atoms with Gasteiger partial charge in [-0.15, -0.1) is 13.2 Å². The number of carboxylic acids is 1. The summed E-state index contributed by atoms with van der Waals surface area (Å²) in [5.74, 6) is -1.28. The fourth-order valence-corrected chi connectivity index (χ4v) is 0.404. The van der Waals surface area contributed by atoms with Crippen LogP contribution in [0.4, 0.5) is 0 Å². The Labute approximate surface area is 59.6 Å². The minimum absolute atomic E-state index is 0.185. The van der Waals surface area contributed by atoms with Gasteiger partial charge in [0.1, 0.15) is 6.10 Å². The Morgan fingerprint density at radius 2 is 2.30 bits per heavy atom. The Morgan fingerprint density at radius 3 is 2.60 bits per heavy atom. The minimum Gasteiger partial charge on any atom is -0.547 e. The Bertz CT molecular complexity index is 140. The lowest BCUT2D eigenvalue weighted by Crippen LogP contribution is -2.36. The van der Waals surface area contributed by atoms with E-state index in [1.807, 2.05) is 0 Å². The van der Waals surface area contributed by atoms with Crippen molar-refractivity contribution in [1.82, 2.24) is 0 Å². The lowest BCUT2D eigenvalue weighted by atomic mass is 10.3. The zero-order chi connectivity index (χ0) is 7.98. The van der Waals surface area contributed by atoms with Gasteiger partial charge in [0, 0.05) is 0 Å². The second-order valence-electron chi connectivity index (χ2n) is 1.60. The number of aliphatic carboxylic acids is 1. The van der Waals surface area contributed by atoms with Gasteiger partial charge in [0.15, 0.2) is 0 Å². The second kappa shape index (κ2) is 4.76. The van der Waals surface area contributed by atoms with Crippen LogP contribution in [-0.4, -0.2) is 18.7 Å². The van der Waals surface area contributed by atoms with Crippen molar-refractivity contribution in [3.8, 4) is 0 Å². The first kappa shape index (κ1) is 8.91. The molecule has 0 aliphatic rings. The fraction of sp³-hybridized carbons (Fsp3) is 0.286. The average molecular weight is 141 g/mol. The SMILES string of the molecule is C=CCOC(C=C)C(=O)[O-]. The molecule has 0 heterocycles. The van der Waals surface area contributed by atoms with Crippen LogP contribution in [0.25, 0.3) is 0 Å². The zero-order valence-electron chi connectivity index (χ0n) is 5.58. The van der Waals surface area contributed by atoms with Gasteiger partial charge in [0.05, 0.1) is 12.6 Å².